The van der Waals surface area contributed by atoms with Crippen LogP contribution in [0.25, 0.3) is 21.9 Å². The van der Waals surface area contributed by atoms with E-state index in [1.807, 2.05) is 18.2 Å². The first-order chi connectivity index (χ1) is 7.78. The molecule has 2 aromatic carbocycles. The molecule has 0 atom stereocenters. The topological polar surface area (TPSA) is 39.2 Å². The third-order valence-electron chi connectivity index (χ3n) is 2.72. The van der Waals surface area contributed by atoms with E-state index in [4.69, 9.17) is 10.2 Å². The van der Waals surface area contributed by atoms with Crippen LogP contribution in [0.1, 0.15) is 5.56 Å². The number of anilines is 1. The van der Waals surface area contributed by atoms with Crippen LogP contribution in [0, 0.1) is 0 Å². The van der Waals surface area contributed by atoms with Gasteiger partial charge in [-0.25, -0.2) is 0 Å². The molecule has 2 nitrogen and oxygen atoms in total. The highest BCUT2D eigenvalue weighted by Crippen LogP contribution is 2.30. The van der Waals surface area contributed by atoms with Crippen molar-refractivity contribution in [2.75, 3.05) is 5.73 Å². The number of alkyl halides is 1. The second-order valence-corrected chi connectivity index (χ2v) is 4.58. The maximum absolute atomic E-state index is 5.79. The standard InChI is InChI=1S/C13H10INO/c14-7-8-1-3-10-11-4-2-9(15)6-13(11)16-12(10)5-8/h1-6H,7,15H2. The average molecular weight is 323 g/mol. The van der Waals surface area contributed by atoms with E-state index >= 15 is 0 Å². The first-order valence-corrected chi connectivity index (χ1v) is 6.57. The molecular formula is C13H10INO. The Labute approximate surface area is 107 Å². The zero-order valence-corrected chi connectivity index (χ0v) is 10.7. The molecule has 0 aliphatic rings. The van der Waals surface area contributed by atoms with E-state index in [1.165, 1.54) is 5.56 Å². The zero-order chi connectivity index (χ0) is 11.1. The molecule has 0 aliphatic heterocycles. The molecule has 0 aliphatic carbocycles. The molecule has 0 fully saturated rings. The van der Waals surface area contributed by atoms with Crippen LogP contribution in [0.15, 0.2) is 40.8 Å². The van der Waals surface area contributed by atoms with E-state index in [-0.39, 0.29) is 0 Å². The summed E-state index contributed by atoms with van der Waals surface area (Å²) in [6.45, 7) is 0. The summed E-state index contributed by atoms with van der Waals surface area (Å²) < 4.78 is 6.79. The monoisotopic (exact) mass is 323 g/mol. The van der Waals surface area contributed by atoms with Crippen molar-refractivity contribution in [1.82, 2.24) is 0 Å². The minimum Gasteiger partial charge on any atom is -0.456 e. The second kappa shape index (κ2) is 3.66. The SMILES string of the molecule is Nc1ccc2c(c1)oc1cc(CI)ccc12. The minimum atomic E-state index is 0.737. The lowest BCUT2D eigenvalue weighted by molar-refractivity contribution is 0.669. The molecule has 0 bridgehead atoms. The number of hydrogen-bond donors (Lipinski definition) is 1. The van der Waals surface area contributed by atoms with Crippen LogP contribution >= 0.6 is 22.6 Å². The van der Waals surface area contributed by atoms with Crippen molar-refractivity contribution < 1.29 is 4.42 Å². The van der Waals surface area contributed by atoms with Crippen molar-refractivity contribution in [3.63, 3.8) is 0 Å². The van der Waals surface area contributed by atoms with Gasteiger partial charge in [-0.15, -0.1) is 0 Å². The van der Waals surface area contributed by atoms with Gasteiger partial charge in [0.05, 0.1) is 0 Å². The Kier molecular flexibility index (Phi) is 2.28. The molecule has 1 aromatic heterocycles. The Morgan fingerprint density at radius 3 is 2.44 bits per heavy atom. The molecule has 80 valence electrons. The maximum Gasteiger partial charge on any atom is 0.137 e. The van der Waals surface area contributed by atoms with Crippen molar-refractivity contribution in [3.8, 4) is 0 Å². The first-order valence-electron chi connectivity index (χ1n) is 5.04. The van der Waals surface area contributed by atoms with Gasteiger partial charge in [0, 0.05) is 27.0 Å². The van der Waals surface area contributed by atoms with Crippen LogP contribution in [0.5, 0.6) is 0 Å². The Bertz CT molecular complexity index is 672. The van der Waals surface area contributed by atoms with Gasteiger partial charge in [-0.2, -0.15) is 0 Å². The van der Waals surface area contributed by atoms with Crippen molar-refractivity contribution in [3.05, 3.63) is 42.0 Å². The first kappa shape index (κ1) is 9.96. The number of rotatable bonds is 1. The summed E-state index contributed by atoms with van der Waals surface area (Å²) in [5.41, 5.74) is 9.56. The van der Waals surface area contributed by atoms with Gasteiger partial charge in [0.15, 0.2) is 0 Å². The van der Waals surface area contributed by atoms with Crippen LogP contribution in [0.4, 0.5) is 5.69 Å². The summed E-state index contributed by atoms with van der Waals surface area (Å²) in [7, 11) is 0. The van der Waals surface area contributed by atoms with E-state index in [2.05, 4.69) is 40.8 Å². The van der Waals surface area contributed by atoms with Crippen molar-refractivity contribution in [2.24, 2.45) is 0 Å². The normalized spacial score (nSPS) is 11.3. The largest absolute Gasteiger partial charge is 0.456 e. The number of nitrogens with two attached hydrogens (primary N) is 1. The molecule has 0 unspecified atom stereocenters. The molecule has 0 saturated carbocycles. The van der Waals surface area contributed by atoms with Gasteiger partial charge >= 0.3 is 0 Å². The Balaban J connectivity index is 2.40. The molecular weight excluding hydrogens is 313 g/mol. The lowest BCUT2D eigenvalue weighted by atomic mass is 10.1. The van der Waals surface area contributed by atoms with Crippen LogP contribution in [0.2, 0.25) is 0 Å². The van der Waals surface area contributed by atoms with E-state index in [9.17, 15) is 0 Å². The molecule has 2 N–H and O–H groups in total. The van der Waals surface area contributed by atoms with E-state index in [0.717, 1.165) is 32.1 Å². The molecule has 3 aromatic rings. The van der Waals surface area contributed by atoms with Gasteiger partial charge in [0.1, 0.15) is 11.2 Å². The van der Waals surface area contributed by atoms with Crippen LogP contribution in [0.3, 0.4) is 0 Å². The van der Waals surface area contributed by atoms with Crippen LogP contribution in [-0.2, 0) is 4.43 Å². The zero-order valence-electron chi connectivity index (χ0n) is 8.53. The summed E-state index contributed by atoms with van der Waals surface area (Å²) in [5.74, 6) is 0. The van der Waals surface area contributed by atoms with Gasteiger partial charge in [-0.1, -0.05) is 34.7 Å². The Morgan fingerprint density at radius 1 is 1.00 bits per heavy atom. The minimum absolute atomic E-state index is 0.737. The molecule has 16 heavy (non-hydrogen) atoms. The number of benzene rings is 2. The highest BCUT2D eigenvalue weighted by atomic mass is 127. The quantitative estimate of drug-likeness (QED) is 0.416. The van der Waals surface area contributed by atoms with Gasteiger partial charge in [-0.3, -0.25) is 0 Å². The fourth-order valence-corrected chi connectivity index (χ4v) is 2.40. The van der Waals surface area contributed by atoms with Gasteiger partial charge in [-0.05, 0) is 23.8 Å². The summed E-state index contributed by atoms with van der Waals surface area (Å²) in [6.07, 6.45) is 0. The van der Waals surface area contributed by atoms with Gasteiger partial charge in [0.25, 0.3) is 0 Å². The van der Waals surface area contributed by atoms with Crippen molar-refractivity contribution in [1.29, 1.82) is 0 Å². The lowest BCUT2D eigenvalue weighted by Crippen LogP contribution is -1.81. The van der Waals surface area contributed by atoms with Crippen molar-refractivity contribution >= 4 is 50.2 Å². The fourth-order valence-electron chi connectivity index (χ4n) is 1.92. The summed E-state index contributed by atoms with van der Waals surface area (Å²) >= 11 is 2.35. The van der Waals surface area contributed by atoms with E-state index in [0.29, 0.717) is 0 Å². The van der Waals surface area contributed by atoms with E-state index < -0.39 is 0 Å². The summed E-state index contributed by atoms with van der Waals surface area (Å²) in [6, 6.07) is 12.1. The van der Waals surface area contributed by atoms with Gasteiger partial charge in [0.2, 0.25) is 0 Å². The lowest BCUT2D eigenvalue weighted by Gasteiger charge is -1.93. The number of fused-ring (bicyclic) bond motifs is 3. The molecule has 1 heterocycles. The number of nitrogen functional groups attached to an aromatic ring is 1. The third kappa shape index (κ3) is 1.46. The number of halogens is 1. The Morgan fingerprint density at radius 2 is 1.69 bits per heavy atom. The molecule has 3 rings (SSSR count). The summed E-state index contributed by atoms with van der Waals surface area (Å²) in [5, 5.41) is 2.29. The molecule has 0 amide bonds. The predicted octanol–water partition coefficient (Wildman–Crippen LogP) is 4.10. The van der Waals surface area contributed by atoms with Crippen LogP contribution < -0.4 is 5.73 Å². The third-order valence-corrected chi connectivity index (χ3v) is 3.60. The average Bonchev–Trinajstić information content (AvgIpc) is 2.64. The Hall–Kier alpha value is -1.23. The van der Waals surface area contributed by atoms with Gasteiger partial charge < -0.3 is 10.2 Å². The van der Waals surface area contributed by atoms with Crippen LogP contribution in [-0.4, -0.2) is 0 Å². The maximum atomic E-state index is 5.79. The second-order valence-electron chi connectivity index (χ2n) is 3.82. The predicted molar refractivity (Wildman–Crippen MR) is 75.9 cm³/mol. The molecule has 0 radical (unpaired) electrons. The number of hydrogen-bond acceptors (Lipinski definition) is 2. The highest BCUT2D eigenvalue weighted by molar-refractivity contribution is 14.1. The smallest absolute Gasteiger partial charge is 0.137 e. The molecule has 3 heteroatoms. The summed E-state index contributed by atoms with van der Waals surface area (Å²) in [4.78, 5) is 0. The fraction of sp³-hybridized carbons (Fsp3) is 0.0769. The molecule has 0 saturated heterocycles. The highest BCUT2D eigenvalue weighted by Gasteiger charge is 2.07. The number of furan rings is 1. The van der Waals surface area contributed by atoms with Crippen molar-refractivity contribution in [2.45, 2.75) is 4.43 Å². The van der Waals surface area contributed by atoms with E-state index in [1.54, 1.807) is 0 Å². The molecule has 0 spiro atoms.